The van der Waals surface area contributed by atoms with Crippen molar-refractivity contribution in [2.75, 3.05) is 0 Å². The van der Waals surface area contributed by atoms with Gasteiger partial charge >= 0.3 is 0 Å². The second-order valence-electron chi connectivity index (χ2n) is 4.31. The number of carbonyl (C=O) groups is 1. The number of allylic oxidation sites excluding steroid dienone is 1. The molecule has 0 bridgehead atoms. The van der Waals surface area contributed by atoms with Gasteiger partial charge in [0.25, 0.3) is 15.9 Å². The molecule has 2 rings (SSSR count). The quantitative estimate of drug-likeness (QED) is 0.898. The van der Waals surface area contributed by atoms with E-state index < -0.39 is 15.9 Å². The average molecular weight is 281 g/mol. The number of amides is 1. The normalized spacial score (nSPS) is 16.3. The van der Waals surface area contributed by atoms with Crippen molar-refractivity contribution in [3.8, 4) is 0 Å². The Hall–Kier alpha value is -1.76. The lowest BCUT2D eigenvalue weighted by molar-refractivity contribution is -0.116. The number of nitrogens with zero attached hydrogens (tertiary/aromatic N) is 2. The summed E-state index contributed by atoms with van der Waals surface area (Å²) in [5, 5.41) is -0.252. The molecule has 6 nitrogen and oxygen atoms in total. The van der Waals surface area contributed by atoms with Gasteiger partial charge in [-0.25, -0.2) is 9.71 Å². The molecule has 0 fully saturated rings. The molecule has 0 atom stereocenters. The molecule has 0 spiro atoms. The molecule has 1 amide bonds. The van der Waals surface area contributed by atoms with E-state index in [9.17, 15) is 13.2 Å². The molecule has 0 saturated carbocycles. The van der Waals surface area contributed by atoms with Crippen LogP contribution in [0.1, 0.15) is 32.1 Å². The maximum absolute atomic E-state index is 11.9. The zero-order valence-electron chi connectivity index (χ0n) is 10.4. The summed E-state index contributed by atoms with van der Waals surface area (Å²) < 4.78 is 25.9. The van der Waals surface area contributed by atoms with Crippen LogP contribution in [0.3, 0.4) is 0 Å². The molecule has 1 aliphatic rings. The molecule has 102 valence electrons. The Balaban J connectivity index is 2.12. The smallest absolute Gasteiger partial charge is 0.269 e. The molecular weight excluding hydrogens is 266 g/mol. The van der Waals surface area contributed by atoms with Crippen molar-refractivity contribution in [1.29, 1.82) is 0 Å². The first-order valence-electron chi connectivity index (χ1n) is 6.12. The van der Waals surface area contributed by atoms with Crippen LogP contribution in [0.2, 0.25) is 0 Å². The summed E-state index contributed by atoms with van der Waals surface area (Å²) in [7, 11) is -3.93. The monoisotopic (exact) mass is 281 g/mol. The third-order valence-corrected chi connectivity index (χ3v) is 4.09. The van der Waals surface area contributed by atoms with Crippen molar-refractivity contribution < 1.29 is 13.2 Å². The van der Waals surface area contributed by atoms with Gasteiger partial charge in [0.2, 0.25) is 0 Å². The Morgan fingerprint density at radius 2 is 2.05 bits per heavy atom. The largest absolute Gasteiger partial charge is 0.283 e. The van der Waals surface area contributed by atoms with Crippen LogP contribution in [0, 0.1) is 0 Å². The molecule has 19 heavy (non-hydrogen) atoms. The van der Waals surface area contributed by atoms with Gasteiger partial charge in [-0.3, -0.25) is 9.78 Å². The highest BCUT2D eigenvalue weighted by Crippen LogP contribution is 2.17. The topological polar surface area (TPSA) is 89.0 Å². The van der Waals surface area contributed by atoms with Gasteiger partial charge in [0.1, 0.15) is 0 Å². The summed E-state index contributed by atoms with van der Waals surface area (Å²) in [4.78, 5) is 19.3. The molecule has 0 radical (unpaired) electrons. The fourth-order valence-corrected chi connectivity index (χ4v) is 2.76. The van der Waals surface area contributed by atoms with Crippen LogP contribution >= 0.6 is 0 Å². The summed E-state index contributed by atoms with van der Waals surface area (Å²) >= 11 is 0. The Kier molecular flexibility index (Phi) is 4.26. The molecule has 1 N–H and O–H groups in total. The Bertz CT molecular complexity index is 581. The number of hydrogen-bond donors (Lipinski definition) is 1. The highest BCUT2D eigenvalue weighted by Gasteiger charge is 2.21. The van der Waals surface area contributed by atoms with E-state index in [2.05, 4.69) is 9.97 Å². The SMILES string of the molecule is O=C(NS(=O)(=O)c1cnccn1)C1=CCCCCC1. The van der Waals surface area contributed by atoms with Gasteiger partial charge in [-0.15, -0.1) is 0 Å². The predicted molar refractivity (Wildman–Crippen MR) is 68.5 cm³/mol. The molecule has 7 heteroatoms. The minimum Gasteiger partial charge on any atom is -0.269 e. The van der Waals surface area contributed by atoms with Gasteiger partial charge in [0.15, 0.2) is 5.03 Å². The number of carbonyl (C=O) groups excluding carboxylic acids is 1. The minimum atomic E-state index is -3.93. The van der Waals surface area contributed by atoms with Gasteiger partial charge < -0.3 is 0 Å². The lowest BCUT2D eigenvalue weighted by Crippen LogP contribution is -2.32. The van der Waals surface area contributed by atoms with Crippen LogP contribution in [-0.4, -0.2) is 24.3 Å². The van der Waals surface area contributed by atoms with Gasteiger partial charge in [-0.05, 0) is 25.7 Å². The van der Waals surface area contributed by atoms with Crippen molar-refractivity contribution in [2.24, 2.45) is 0 Å². The molecule has 1 aliphatic carbocycles. The molecule has 0 unspecified atom stereocenters. The minimum absolute atomic E-state index is 0.252. The molecule has 0 aliphatic heterocycles. The van der Waals surface area contributed by atoms with Crippen molar-refractivity contribution in [1.82, 2.24) is 14.7 Å². The van der Waals surface area contributed by atoms with Crippen LogP contribution in [-0.2, 0) is 14.8 Å². The van der Waals surface area contributed by atoms with Gasteiger partial charge in [0, 0.05) is 18.0 Å². The molecule has 1 aromatic rings. The maximum atomic E-state index is 11.9. The van der Waals surface area contributed by atoms with E-state index >= 15 is 0 Å². The molecule has 1 heterocycles. The van der Waals surface area contributed by atoms with E-state index in [1.807, 2.05) is 10.8 Å². The van der Waals surface area contributed by atoms with Gasteiger partial charge in [-0.1, -0.05) is 12.5 Å². The van der Waals surface area contributed by atoms with Crippen molar-refractivity contribution in [2.45, 2.75) is 37.1 Å². The van der Waals surface area contributed by atoms with Crippen LogP contribution in [0.25, 0.3) is 0 Å². The first kappa shape index (κ1) is 13.7. The van der Waals surface area contributed by atoms with Crippen molar-refractivity contribution in [3.63, 3.8) is 0 Å². The second kappa shape index (κ2) is 5.92. The molecule has 1 aromatic heterocycles. The standard InChI is InChI=1S/C12H15N3O3S/c16-12(10-5-3-1-2-4-6-10)15-19(17,18)11-9-13-7-8-14-11/h5,7-9H,1-4,6H2,(H,15,16). The third-order valence-electron chi connectivity index (χ3n) is 2.87. The molecule has 0 aromatic carbocycles. The third kappa shape index (κ3) is 3.60. The van der Waals surface area contributed by atoms with E-state index in [-0.39, 0.29) is 5.03 Å². The Labute approximate surface area is 112 Å². The highest BCUT2D eigenvalue weighted by atomic mass is 32.2. The Morgan fingerprint density at radius 3 is 2.79 bits per heavy atom. The zero-order chi connectivity index (χ0) is 13.7. The van der Waals surface area contributed by atoms with E-state index in [1.54, 1.807) is 0 Å². The number of sulfonamides is 1. The summed E-state index contributed by atoms with van der Waals surface area (Å²) in [5.41, 5.74) is 0.532. The average Bonchev–Trinajstić information content (AvgIpc) is 2.68. The predicted octanol–water partition coefficient (Wildman–Crippen LogP) is 1.17. The van der Waals surface area contributed by atoms with Gasteiger partial charge in [-0.2, -0.15) is 8.42 Å². The van der Waals surface area contributed by atoms with E-state index in [4.69, 9.17) is 0 Å². The Morgan fingerprint density at radius 1 is 1.21 bits per heavy atom. The van der Waals surface area contributed by atoms with E-state index in [0.717, 1.165) is 31.9 Å². The van der Waals surface area contributed by atoms with Crippen LogP contribution in [0.15, 0.2) is 35.3 Å². The van der Waals surface area contributed by atoms with E-state index in [1.165, 1.54) is 12.4 Å². The highest BCUT2D eigenvalue weighted by molar-refractivity contribution is 7.90. The summed E-state index contributed by atoms with van der Waals surface area (Å²) in [6, 6.07) is 0. The lowest BCUT2D eigenvalue weighted by Gasteiger charge is -2.07. The number of hydrogen-bond acceptors (Lipinski definition) is 5. The lowest BCUT2D eigenvalue weighted by atomic mass is 10.1. The fourth-order valence-electron chi connectivity index (χ4n) is 1.89. The second-order valence-corrected chi connectivity index (χ2v) is 5.94. The van der Waals surface area contributed by atoms with E-state index in [0.29, 0.717) is 12.0 Å². The van der Waals surface area contributed by atoms with Crippen LogP contribution in [0.4, 0.5) is 0 Å². The summed E-state index contributed by atoms with van der Waals surface area (Å²) in [6.07, 6.45) is 9.99. The first-order valence-corrected chi connectivity index (χ1v) is 7.60. The fraction of sp³-hybridized carbons (Fsp3) is 0.417. The van der Waals surface area contributed by atoms with Crippen LogP contribution in [0.5, 0.6) is 0 Å². The van der Waals surface area contributed by atoms with Crippen molar-refractivity contribution >= 4 is 15.9 Å². The summed E-state index contributed by atoms with van der Waals surface area (Å²) in [5.74, 6) is -0.562. The molecule has 0 saturated heterocycles. The van der Waals surface area contributed by atoms with Crippen molar-refractivity contribution in [3.05, 3.63) is 30.2 Å². The van der Waals surface area contributed by atoms with Gasteiger partial charge in [0.05, 0.1) is 6.20 Å². The number of rotatable bonds is 3. The molecular formula is C12H15N3O3S. The summed E-state index contributed by atoms with van der Waals surface area (Å²) in [6.45, 7) is 0. The first-order chi connectivity index (χ1) is 9.09. The maximum Gasteiger partial charge on any atom is 0.283 e. The number of aromatic nitrogens is 2. The number of nitrogens with one attached hydrogen (secondary N) is 1. The van der Waals surface area contributed by atoms with Crippen LogP contribution < -0.4 is 4.72 Å². The zero-order valence-corrected chi connectivity index (χ0v) is 11.2.